The van der Waals surface area contributed by atoms with E-state index in [2.05, 4.69) is 47.6 Å². The summed E-state index contributed by atoms with van der Waals surface area (Å²) < 4.78 is 0. The smallest absolute Gasteiger partial charge is 0.246 e. The minimum absolute atomic E-state index is 0.0576. The van der Waals surface area contributed by atoms with Gasteiger partial charge in [0.2, 0.25) is 5.91 Å². The maximum Gasteiger partial charge on any atom is 0.246 e. The normalized spacial score (nSPS) is 28.6. The fourth-order valence-corrected chi connectivity index (χ4v) is 3.19. The fraction of sp³-hybridized carbons (Fsp3) is 0.562. The SMILES string of the molecule is CCNC1C(=O)Nc2cc(N3CC(C)C(C)C3)ccc21. The van der Waals surface area contributed by atoms with Crippen molar-refractivity contribution in [2.24, 2.45) is 11.8 Å². The molecule has 0 saturated carbocycles. The highest BCUT2D eigenvalue weighted by Crippen LogP contribution is 2.36. The Morgan fingerprint density at radius 2 is 2.00 bits per heavy atom. The van der Waals surface area contributed by atoms with Gasteiger partial charge in [-0.15, -0.1) is 0 Å². The third-order valence-corrected chi connectivity index (χ3v) is 4.63. The Balaban J connectivity index is 1.85. The summed E-state index contributed by atoms with van der Waals surface area (Å²) in [6.45, 7) is 9.63. The number of amides is 1. The molecule has 3 unspecified atom stereocenters. The first-order chi connectivity index (χ1) is 9.60. The summed E-state index contributed by atoms with van der Waals surface area (Å²) in [4.78, 5) is 14.4. The third-order valence-electron chi connectivity index (χ3n) is 4.63. The van der Waals surface area contributed by atoms with Crippen LogP contribution in [0.25, 0.3) is 0 Å². The molecule has 1 aromatic carbocycles. The van der Waals surface area contributed by atoms with Gasteiger partial charge in [0.25, 0.3) is 0 Å². The molecule has 1 amide bonds. The van der Waals surface area contributed by atoms with Crippen LogP contribution in [0, 0.1) is 11.8 Å². The lowest BCUT2D eigenvalue weighted by molar-refractivity contribution is -0.117. The second-order valence-electron chi connectivity index (χ2n) is 6.11. The van der Waals surface area contributed by atoms with Crippen molar-refractivity contribution >= 4 is 17.3 Å². The molecule has 3 atom stereocenters. The molecule has 1 fully saturated rings. The predicted molar refractivity (Wildman–Crippen MR) is 82.0 cm³/mol. The van der Waals surface area contributed by atoms with Gasteiger partial charge in [-0.25, -0.2) is 0 Å². The molecule has 4 heteroatoms. The second kappa shape index (κ2) is 5.09. The van der Waals surface area contributed by atoms with Crippen LogP contribution in [-0.2, 0) is 4.79 Å². The number of benzene rings is 1. The largest absolute Gasteiger partial charge is 0.371 e. The van der Waals surface area contributed by atoms with Gasteiger partial charge < -0.3 is 15.5 Å². The van der Waals surface area contributed by atoms with Crippen molar-refractivity contribution in [3.63, 3.8) is 0 Å². The zero-order valence-corrected chi connectivity index (χ0v) is 12.4. The molecular formula is C16H23N3O. The van der Waals surface area contributed by atoms with E-state index in [9.17, 15) is 4.79 Å². The fourth-order valence-electron chi connectivity index (χ4n) is 3.19. The van der Waals surface area contributed by atoms with Crippen LogP contribution < -0.4 is 15.5 Å². The second-order valence-corrected chi connectivity index (χ2v) is 6.11. The van der Waals surface area contributed by atoms with Gasteiger partial charge in [0.15, 0.2) is 0 Å². The maximum atomic E-state index is 12.0. The molecule has 1 aromatic rings. The molecule has 4 nitrogen and oxygen atoms in total. The zero-order chi connectivity index (χ0) is 14.3. The van der Waals surface area contributed by atoms with E-state index in [0.717, 1.165) is 42.7 Å². The minimum Gasteiger partial charge on any atom is -0.371 e. The van der Waals surface area contributed by atoms with E-state index >= 15 is 0 Å². The molecule has 2 N–H and O–H groups in total. The number of anilines is 2. The molecule has 0 aliphatic carbocycles. The highest BCUT2D eigenvalue weighted by Gasteiger charge is 2.31. The standard InChI is InChI=1S/C16H23N3O/c1-4-17-15-13-6-5-12(7-14(13)18-16(15)20)19-8-10(2)11(3)9-19/h5-7,10-11,15,17H,4,8-9H2,1-3H3,(H,18,20). The summed E-state index contributed by atoms with van der Waals surface area (Å²) in [5.41, 5.74) is 3.25. The van der Waals surface area contributed by atoms with Crippen LogP contribution in [0.1, 0.15) is 32.4 Å². The average molecular weight is 273 g/mol. The molecule has 20 heavy (non-hydrogen) atoms. The number of likely N-dealkylation sites (N-methyl/N-ethyl adjacent to an activating group) is 1. The number of rotatable bonds is 3. The van der Waals surface area contributed by atoms with Gasteiger partial charge >= 0.3 is 0 Å². The highest BCUT2D eigenvalue weighted by atomic mass is 16.2. The van der Waals surface area contributed by atoms with E-state index in [1.807, 2.05) is 6.92 Å². The van der Waals surface area contributed by atoms with Crippen LogP contribution in [-0.4, -0.2) is 25.5 Å². The molecule has 108 valence electrons. The summed E-state index contributed by atoms with van der Waals surface area (Å²) >= 11 is 0. The number of nitrogens with zero attached hydrogens (tertiary/aromatic N) is 1. The van der Waals surface area contributed by atoms with Gasteiger partial charge in [-0.05, 0) is 30.5 Å². The Morgan fingerprint density at radius 1 is 1.30 bits per heavy atom. The van der Waals surface area contributed by atoms with Crippen LogP contribution in [0.4, 0.5) is 11.4 Å². The Kier molecular flexibility index (Phi) is 3.42. The van der Waals surface area contributed by atoms with E-state index in [1.165, 1.54) is 5.69 Å². The van der Waals surface area contributed by atoms with Crippen LogP contribution in [0.15, 0.2) is 18.2 Å². The average Bonchev–Trinajstić information content (AvgIpc) is 2.91. The van der Waals surface area contributed by atoms with Gasteiger partial charge in [0.1, 0.15) is 6.04 Å². The molecule has 3 rings (SSSR count). The summed E-state index contributed by atoms with van der Waals surface area (Å²) in [6, 6.07) is 6.16. The first-order valence-corrected chi connectivity index (χ1v) is 7.53. The summed E-state index contributed by atoms with van der Waals surface area (Å²) in [6.07, 6.45) is 0. The molecule has 0 bridgehead atoms. The molecule has 2 heterocycles. The Labute approximate surface area is 120 Å². The Hall–Kier alpha value is -1.55. The van der Waals surface area contributed by atoms with Crippen molar-refractivity contribution in [2.45, 2.75) is 26.8 Å². The number of hydrogen-bond donors (Lipinski definition) is 2. The Bertz CT molecular complexity index is 518. The van der Waals surface area contributed by atoms with Crippen LogP contribution >= 0.6 is 0 Å². The van der Waals surface area contributed by atoms with Crippen molar-refractivity contribution in [3.05, 3.63) is 23.8 Å². The van der Waals surface area contributed by atoms with Gasteiger partial charge in [-0.3, -0.25) is 4.79 Å². The highest BCUT2D eigenvalue weighted by molar-refractivity contribution is 6.03. The Morgan fingerprint density at radius 3 is 2.65 bits per heavy atom. The molecule has 0 spiro atoms. The topological polar surface area (TPSA) is 44.4 Å². The lowest BCUT2D eigenvalue weighted by Gasteiger charge is -2.19. The van der Waals surface area contributed by atoms with Crippen molar-refractivity contribution in [2.75, 3.05) is 29.9 Å². The van der Waals surface area contributed by atoms with E-state index in [0.29, 0.717) is 0 Å². The minimum atomic E-state index is -0.194. The van der Waals surface area contributed by atoms with Crippen molar-refractivity contribution in [1.29, 1.82) is 0 Å². The predicted octanol–water partition coefficient (Wildman–Crippen LogP) is 2.38. The van der Waals surface area contributed by atoms with E-state index in [1.54, 1.807) is 0 Å². The van der Waals surface area contributed by atoms with Crippen LogP contribution in [0.5, 0.6) is 0 Å². The quantitative estimate of drug-likeness (QED) is 0.888. The lowest BCUT2D eigenvalue weighted by atomic mass is 10.0. The first-order valence-electron chi connectivity index (χ1n) is 7.53. The van der Waals surface area contributed by atoms with E-state index in [4.69, 9.17) is 0 Å². The monoisotopic (exact) mass is 273 g/mol. The van der Waals surface area contributed by atoms with Crippen molar-refractivity contribution in [3.8, 4) is 0 Å². The van der Waals surface area contributed by atoms with Gasteiger partial charge in [0, 0.05) is 30.0 Å². The number of carbonyl (C=O) groups excluding carboxylic acids is 1. The zero-order valence-electron chi connectivity index (χ0n) is 12.4. The molecule has 1 saturated heterocycles. The van der Waals surface area contributed by atoms with Crippen molar-refractivity contribution in [1.82, 2.24) is 5.32 Å². The summed E-state index contributed by atoms with van der Waals surface area (Å²) in [5, 5.41) is 6.22. The van der Waals surface area contributed by atoms with Gasteiger partial charge in [0.05, 0.1) is 0 Å². The number of fused-ring (bicyclic) bond motifs is 1. The molecular weight excluding hydrogens is 250 g/mol. The molecule has 0 aromatic heterocycles. The third kappa shape index (κ3) is 2.18. The van der Waals surface area contributed by atoms with E-state index < -0.39 is 0 Å². The van der Waals surface area contributed by atoms with Crippen LogP contribution in [0.3, 0.4) is 0 Å². The summed E-state index contributed by atoms with van der Waals surface area (Å²) in [7, 11) is 0. The molecule has 2 aliphatic rings. The summed E-state index contributed by atoms with van der Waals surface area (Å²) in [5.74, 6) is 1.52. The first kappa shape index (κ1) is 13.4. The lowest BCUT2D eigenvalue weighted by Crippen LogP contribution is -2.27. The molecule has 2 aliphatic heterocycles. The number of nitrogens with one attached hydrogen (secondary N) is 2. The molecule has 0 radical (unpaired) electrons. The van der Waals surface area contributed by atoms with Crippen molar-refractivity contribution < 1.29 is 4.79 Å². The van der Waals surface area contributed by atoms with E-state index in [-0.39, 0.29) is 11.9 Å². The number of hydrogen-bond acceptors (Lipinski definition) is 3. The number of carbonyl (C=O) groups is 1. The van der Waals surface area contributed by atoms with Gasteiger partial charge in [-0.2, -0.15) is 0 Å². The maximum absolute atomic E-state index is 12.0. The van der Waals surface area contributed by atoms with Gasteiger partial charge in [-0.1, -0.05) is 26.8 Å². The van der Waals surface area contributed by atoms with Crippen LogP contribution in [0.2, 0.25) is 0 Å².